The highest BCUT2D eigenvalue weighted by Gasteiger charge is 2.13. The maximum atomic E-state index is 5.08. The Kier molecular flexibility index (Phi) is 3.36. The average Bonchev–Trinajstić information content (AvgIpc) is 2.39. The molecule has 1 aliphatic heterocycles. The second-order valence-corrected chi connectivity index (χ2v) is 3.58. The highest BCUT2D eigenvalue weighted by Crippen LogP contribution is 2.17. The molecule has 2 rings (SSSR count). The van der Waals surface area contributed by atoms with E-state index in [0.717, 1.165) is 37.7 Å². The molecule has 5 heteroatoms. The van der Waals surface area contributed by atoms with E-state index in [4.69, 9.17) is 4.74 Å². The zero-order valence-corrected chi connectivity index (χ0v) is 9.44. The molecule has 1 saturated heterocycles. The van der Waals surface area contributed by atoms with Crippen LogP contribution in [0.25, 0.3) is 6.08 Å². The summed E-state index contributed by atoms with van der Waals surface area (Å²) in [5, 5.41) is 3.31. The molecule has 0 saturated carbocycles. The van der Waals surface area contributed by atoms with E-state index in [2.05, 4.69) is 26.8 Å². The molecule has 1 aromatic heterocycles. The predicted molar refractivity (Wildman–Crippen MR) is 63.8 cm³/mol. The lowest BCUT2D eigenvalue weighted by atomic mass is 10.3. The van der Waals surface area contributed by atoms with Gasteiger partial charge in [0.25, 0.3) is 0 Å². The van der Waals surface area contributed by atoms with E-state index in [1.165, 1.54) is 0 Å². The number of aromatic nitrogens is 2. The third kappa shape index (κ3) is 2.30. The van der Waals surface area contributed by atoms with E-state index >= 15 is 0 Å². The summed E-state index contributed by atoms with van der Waals surface area (Å²) in [6, 6.07) is 2.33. The fourth-order valence-corrected chi connectivity index (χ4v) is 1.68. The number of ether oxygens (including phenoxy) is 1. The van der Waals surface area contributed by atoms with Gasteiger partial charge in [0.2, 0.25) is 0 Å². The van der Waals surface area contributed by atoms with Crippen LogP contribution in [0.15, 0.2) is 12.6 Å². The first-order chi connectivity index (χ1) is 7.83. The van der Waals surface area contributed by atoms with E-state index in [0.29, 0.717) is 6.01 Å². The van der Waals surface area contributed by atoms with Crippen molar-refractivity contribution in [3.8, 4) is 6.01 Å². The van der Waals surface area contributed by atoms with Gasteiger partial charge in [-0.1, -0.05) is 6.58 Å². The monoisotopic (exact) mass is 220 g/mol. The van der Waals surface area contributed by atoms with Gasteiger partial charge in [-0.15, -0.1) is 0 Å². The molecule has 0 aromatic carbocycles. The van der Waals surface area contributed by atoms with Crippen LogP contribution in [0.3, 0.4) is 0 Å². The maximum Gasteiger partial charge on any atom is 0.318 e. The summed E-state index contributed by atoms with van der Waals surface area (Å²) in [6.45, 7) is 7.59. The predicted octanol–water partition coefficient (Wildman–Crippen LogP) is 0.538. The standard InChI is InChI=1S/C11H16N4O/c1-3-9-8-10(14-11(13-9)16-2)15-6-4-12-5-7-15/h3,8,12H,1,4-7H2,2H3. The largest absolute Gasteiger partial charge is 0.467 e. The van der Waals surface area contributed by atoms with Crippen molar-refractivity contribution in [3.63, 3.8) is 0 Å². The van der Waals surface area contributed by atoms with Crippen molar-refractivity contribution in [1.29, 1.82) is 0 Å². The van der Waals surface area contributed by atoms with Crippen LogP contribution in [-0.4, -0.2) is 43.3 Å². The quantitative estimate of drug-likeness (QED) is 0.805. The minimum absolute atomic E-state index is 0.394. The molecule has 5 nitrogen and oxygen atoms in total. The molecule has 0 amide bonds. The van der Waals surface area contributed by atoms with Gasteiger partial charge in [0.15, 0.2) is 0 Å². The zero-order chi connectivity index (χ0) is 11.4. The molecule has 1 aliphatic rings. The molecular formula is C11H16N4O. The van der Waals surface area contributed by atoms with Crippen LogP contribution >= 0.6 is 0 Å². The molecule has 1 aromatic rings. The van der Waals surface area contributed by atoms with E-state index in [1.54, 1.807) is 13.2 Å². The number of nitrogens with zero attached hydrogens (tertiary/aromatic N) is 3. The molecule has 0 unspecified atom stereocenters. The van der Waals surface area contributed by atoms with Gasteiger partial charge in [-0.3, -0.25) is 0 Å². The molecule has 0 aliphatic carbocycles. The number of piperazine rings is 1. The molecular weight excluding hydrogens is 204 g/mol. The normalized spacial score (nSPS) is 15.9. The van der Waals surface area contributed by atoms with Crippen molar-refractivity contribution < 1.29 is 4.74 Å². The molecule has 1 N–H and O–H groups in total. The van der Waals surface area contributed by atoms with Gasteiger partial charge in [0.1, 0.15) is 5.82 Å². The number of nitrogens with one attached hydrogen (secondary N) is 1. The molecule has 86 valence electrons. The third-order valence-corrected chi connectivity index (χ3v) is 2.54. The Morgan fingerprint density at radius 3 is 2.81 bits per heavy atom. The van der Waals surface area contributed by atoms with Crippen molar-refractivity contribution in [2.45, 2.75) is 0 Å². The molecule has 16 heavy (non-hydrogen) atoms. The number of rotatable bonds is 3. The van der Waals surface area contributed by atoms with Gasteiger partial charge in [-0.25, -0.2) is 0 Å². The van der Waals surface area contributed by atoms with E-state index in [-0.39, 0.29) is 0 Å². The lowest BCUT2D eigenvalue weighted by Crippen LogP contribution is -2.43. The van der Waals surface area contributed by atoms with Crippen LogP contribution in [0, 0.1) is 0 Å². The average molecular weight is 220 g/mol. The molecule has 2 heterocycles. The SMILES string of the molecule is C=Cc1cc(N2CCNCC2)nc(OC)n1. The number of anilines is 1. The third-order valence-electron chi connectivity index (χ3n) is 2.54. The minimum Gasteiger partial charge on any atom is -0.467 e. The summed E-state index contributed by atoms with van der Waals surface area (Å²) < 4.78 is 5.08. The van der Waals surface area contributed by atoms with Crippen LogP contribution in [0.1, 0.15) is 5.69 Å². The summed E-state index contributed by atoms with van der Waals surface area (Å²) in [4.78, 5) is 10.7. The maximum absolute atomic E-state index is 5.08. The van der Waals surface area contributed by atoms with Gasteiger partial charge < -0.3 is 15.0 Å². The van der Waals surface area contributed by atoms with Crippen LogP contribution in [0.2, 0.25) is 0 Å². The van der Waals surface area contributed by atoms with Crippen molar-refractivity contribution >= 4 is 11.9 Å². The topological polar surface area (TPSA) is 50.3 Å². The fourth-order valence-electron chi connectivity index (χ4n) is 1.68. The smallest absolute Gasteiger partial charge is 0.318 e. The summed E-state index contributed by atoms with van der Waals surface area (Å²) >= 11 is 0. The van der Waals surface area contributed by atoms with Crippen molar-refractivity contribution in [2.24, 2.45) is 0 Å². The highest BCUT2D eigenvalue weighted by molar-refractivity contribution is 5.51. The Labute approximate surface area is 95.2 Å². The van der Waals surface area contributed by atoms with Crippen molar-refractivity contribution in [2.75, 3.05) is 38.2 Å². The second-order valence-electron chi connectivity index (χ2n) is 3.58. The Balaban J connectivity index is 2.27. The first-order valence-corrected chi connectivity index (χ1v) is 5.34. The molecule has 0 radical (unpaired) electrons. The minimum atomic E-state index is 0.394. The van der Waals surface area contributed by atoms with E-state index in [9.17, 15) is 0 Å². The van der Waals surface area contributed by atoms with Crippen LogP contribution in [-0.2, 0) is 0 Å². The molecule has 0 atom stereocenters. The van der Waals surface area contributed by atoms with Crippen molar-refractivity contribution in [3.05, 3.63) is 18.3 Å². The van der Waals surface area contributed by atoms with Gasteiger partial charge in [-0.05, 0) is 6.08 Å². The Morgan fingerprint density at radius 1 is 1.44 bits per heavy atom. The van der Waals surface area contributed by atoms with Gasteiger partial charge in [0, 0.05) is 32.2 Å². The van der Waals surface area contributed by atoms with E-state index in [1.807, 2.05) is 6.07 Å². The lowest BCUT2D eigenvalue weighted by Gasteiger charge is -2.28. The number of hydrogen-bond donors (Lipinski definition) is 1. The van der Waals surface area contributed by atoms with Crippen LogP contribution < -0.4 is 15.0 Å². The summed E-state index contributed by atoms with van der Waals surface area (Å²) in [5.41, 5.74) is 0.792. The molecule has 0 bridgehead atoms. The van der Waals surface area contributed by atoms with Crippen LogP contribution in [0.4, 0.5) is 5.82 Å². The first-order valence-electron chi connectivity index (χ1n) is 5.34. The number of hydrogen-bond acceptors (Lipinski definition) is 5. The summed E-state index contributed by atoms with van der Waals surface area (Å²) in [7, 11) is 1.57. The molecule has 0 spiro atoms. The zero-order valence-electron chi connectivity index (χ0n) is 9.44. The summed E-state index contributed by atoms with van der Waals surface area (Å²) in [6.07, 6.45) is 1.70. The first kappa shape index (κ1) is 10.9. The fraction of sp³-hybridized carbons (Fsp3) is 0.455. The Bertz CT molecular complexity index is 374. The number of methoxy groups -OCH3 is 1. The Morgan fingerprint density at radius 2 is 2.19 bits per heavy atom. The second kappa shape index (κ2) is 4.94. The van der Waals surface area contributed by atoms with Crippen LogP contribution in [0.5, 0.6) is 6.01 Å². The Hall–Kier alpha value is -1.62. The highest BCUT2D eigenvalue weighted by atomic mass is 16.5. The van der Waals surface area contributed by atoms with Gasteiger partial charge in [0.05, 0.1) is 12.8 Å². The summed E-state index contributed by atoms with van der Waals surface area (Å²) in [5.74, 6) is 0.906. The molecule has 1 fully saturated rings. The van der Waals surface area contributed by atoms with E-state index < -0.39 is 0 Å². The lowest BCUT2D eigenvalue weighted by molar-refractivity contribution is 0.379. The van der Waals surface area contributed by atoms with Crippen molar-refractivity contribution in [1.82, 2.24) is 15.3 Å². The van der Waals surface area contributed by atoms with Gasteiger partial charge >= 0.3 is 6.01 Å². The van der Waals surface area contributed by atoms with Gasteiger partial charge in [-0.2, -0.15) is 9.97 Å².